The van der Waals surface area contributed by atoms with Crippen molar-refractivity contribution < 1.29 is 19.1 Å². The van der Waals surface area contributed by atoms with Crippen molar-refractivity contribution in [3.63, 3.8) is 0 Å². The number of benzene rings is 1. The van der Waals surface area contributed by atoms with Gasteiger partial charge in [-0.15, -0.1) is 0 Å². The molecular formula is C32H55N3O4. The second-order valence-electron chi connectivity index (χ2n) is 12.9. The lowest BCUT2D eigenvalue weighted by Gasteiger charge is -2.37. The molecule has 0 aromatic heterocycles. The first-order valence-electron chi connectivity index (χ1n) is 14.8. The lowest BCUT2D eigenvalue weighted by molar-refractivity contribution is -0.144. The van der Waals surface area contributed by atoms with Gasteiger partial charge in [-0.1, -0.05) is 84.1 Å². The second-order valence-corrected chi connectivity index (χ2v) is 12.9. The summed E-state index contributed by atoms with van der Waals surface area (Å²) in [5.41, 5.74) is 0.755. The SMILES string of the molecule is CCCCCCCCN(C(=O)C(NC(=O)OC(C)(C)C)C(C)C)C(C(=O)NC(C)(C)C)c1ccc(CC)cc1. The Hall–Kier alpha value is -2.57. The van der Waals surface area contributed by atoms with Crippen LogP contribution in [0.3, 0.4) is 0 Å². The Balaban J connectivity index is 3.46. The van der Waals surface area contributed by atoms with Gasteiger partial charge in [0.2, 0.25) is 11.8 Å². The largest absolute Gasteiger partial charge is 0.444 e. The highest BCUT2D eigenvalue weighted by Gasteiger charge is 2.38. The number of alkyl carbamates (subject to hydrolysis) is 1. The molecule has 1 rings (SSSR count). The number of nitrogens with one attached hydrogen (secondary N) is 2. The zero-order valence-electron chi connectivity index (χ0n) is 26.3. The van der Waals surface area contributed by atoms with Crippen LogP contribution in [0.5, 0.6) is 0 Å². The van der Waals surface area contributed by atoms with Crippen molar-refractivity contribution in [1.82, 2.24) is 15.5 Å². The fourth-order valence-corrected chi connectivity index (χ4v) is 4.40. The molecule has 0 saturated heterocycles. The summed E-state index contributed by atoms with van der Waals surface area (Å²) in [5, 5.41) is 5.89. The molecule has 1 aromatic carbocycles. The van der Waals surface area contributed by atoms with Gasteiger partial charge in [-0.05, 0) is 71.4 Å². The maximum atomic E-state index is 14.2. The zero-order chi connectivity index (χ0) is 29.8. The molecule has 2 unspecified atom stereocenters. The zero-order valence-corrected chi connectivity index (χ0v) is 26.3. The number of aryl methyl sites for hydroxylation is 1. The first-order valence-corrected chi connectivity index (χ1v) is 14.8. The van der Waals surface area contributed by atoms with E-state index < -0.39 is 29.3 Å². The summed E-state index contributed by atoms with van der Waals surface area (Å²) in [4.78, 5) is 42.4. The van der Waals surface area contributed by atoms with E-state index >= 15 is 0 Å². The molecule has 3 amide bonds. The van der Waals surface area contributed by atoms with Crippen LogP contribution in [-0.2, 0) is 20.7 Å². The molecule has 0 aliphatic rings. The molecule has 222 valence electrons. The predicted octanol–water partition coefficient (Wildman–Crippen LogP) is 6.94. The Labute approximate surface area is 237 Å². The minimum absolute atomic E-state index is 0.203. The van der Waals surface area contributed by atoms with Gasteiger partial charge in [0, 0.05) is 12.1 Å². The molecule has 0 fully saturated rings. The molecule has 2 N–H and O–H groups in total. The van der Waals surface area contributed by atoms with Crippen LogP contribution in [0.1, 0.15) is 125 Å². The van der Waals surface area contributed by atoms with Crippen LogP contribution >= 0.6 is 0 Å². The first kappa shape index (κ1) is 34.5. The molecule has 0 bridgehead atoms. The number of amides is 3. The summed E-state index contributed by atoms with van der Waals surface area (Å²) in [6.07, 6.45) is 6.59. The van der Waals surface area contributed by atoms with Crippen LogP contribution in [0.4, 0.5) is 4.79 Å². The molecule has 2 atom stereocenters. The van der Waals surface area contributed by atoms with Gasteiger partial charge in [-0.3, -0.25) is 9.59 Å². The molecule has 39 heavy (non-hydrogen) atoms. The van der Waals surface area contributed by atoms with Gasteiger partial charge < -0.3 is 20.3 Å². The maximum absolute atomic E-state index is 14.2. The summed E-state index contributed by atoms with van der Waals surface area (Å²) in [7, 11) is 0. The van der Waals surface area contributed by atoms with Crippen molar-refractivity contribution in [1.29, 1.82) is 0 Å². The van der Waals surface area contributed by atoms with Crippen LogP contribution in [0.2, 0.25) is 0 Å². The summed E-state index contributed by atoms with van der Waals surface area (Å²) < 4.78 is 5.47. The third-order valence-electron chi connectivity index (χ3n) is 6.40. The van der Waals surface area contributed by atoms with Gasteiger partial charge >= 0.3 is 6.09 Å². The number of rotatable bonds is 14. The standard InChI is InChI=1S/C32H55N3O4/c1-11-13-14-15-16-17-22-35(29(37)26(23(3)4)33-30(38)39-32(8,9)10)27(28(36)34-31(5,6)7)25-20-18-24(12-2)19-21-25/h18-21,23,26-27H,11-17,22H2,1-10H3,(H,33,38)(H,34,36). The minimum Gasteiger partial charge on any atom is -0.444 e. The van der Waals surface area contributed by atoms with Crippen molar-refractivity contribution in [3.8, 4) is 0 Å². The summed E-state index contributed by atoms with van der Waals surface area (Å²) in [5.74, 6) is -0.713. The van der Waals surface area contributed by atoms with Gasteiger partial charge in [0.1, 0.15) is 17.7 Å². The minimum atomic E-state index is -0.834. The van der Waals surface area contributed by atoms with Crippen molar-refractivity contribution >= 4 is 17.9 Å². The average molecular weight is 546 g/mol. The predicted molar refractivity (Wildman–Crippen MR) is 160 cm³/mol. The lowest BCUT2D eigenvalue weighted by Crippen LogP contribution is -2.56. The molecule has 0 heterocycles. The van der Waals surface area contributed by atoms with Crippen LogP contribution < -0.4 is 10.6 Å². The summed E-state index contributed by atoms with van der Waals surface area (Å²) >= 11 is 0. The topological polar surface area (TPSA) is 87.7 Å². The van der Waals surface area contributed by atoms with E-state index in [1.807, 2.05) is 58.9 Å². The molecule has 0 aliphatic carbocycles. The van der Waals surface area contributed by atoms with E-state index in [1.54, 1.807) is 25.7 Å². The van der Waals surface area contributed by atoms with Gasteiger partial charge in [0.25, 0.3) is 0 Å². The molecular weight excluding hydrogens is 490 g/mol. The number of ether oxygens (including phenoxy) is 1. The number of nitrogens with zero attached hydrogens (tertiary/aromatic N) is 1. The summed E-state index contributed by atoms with van der Waals surface area (Å²) in [6, 6.07) is 6.26. The molecule has 7 nitrogen and oxygen atoms in total. The fourth-order valence-electron chi connectivity index (χ4n) is 4.40. The van der Waals surface area contributed by atoms with Crippen molar-refractivity contribution in [3.05, 3.63) is 35.4 Å². The summed E-state index contributed by atoms with van der Waals surface area (Å²) in [6.45, 7) is 19.6. The molecule has 0 radical (unpaired) electrons. The van der Waals surface area contributed by atoms with Crippen LogP contribution in [0.25, 0.3) is 0 Å². The first-order chi connectivity index (χ1) is 18.1. The van der Waals surface area contributed by atoms with E-state index in [1.165, 1.54) is 12.8 Å². The Morgan fingerprint density at radius 2 is 1.44 bits per heavy atom. The Morgan fingerprint density at radius 1 is 0.872 bits per heavy atom. The molecule has 7 heteroatoms. The van der Waals surface area contributed by atoms with E-state index in [0.29, 0.717) is 6.54 Å². The van der Waals surface area contributed by atoms with E-state index in [9.17, 15) is 14.4 Å². The van der Waals surface area contributed by atoms with Gasteiger partial charge in [0.15, 0.2) is 0 Å². The molecule has 0 spiro atoms. The molecule has 0 saturated carbocycles. The highest BCUT2D eigenvalue weighted by atomic mass is 16.6. The van der Waals surface area contributed by atoms with Gasteiger partial charge in [-0.25, -0.2) is 4.79 Å². The van der Waals surface area contributed by atoms with Crippen LogP contribution in [0.15, 0.2) is 24.3 Å². The van der Waals surface area contributed by atoms with Crippen molar-refractivity contribution in [2.24, 2.45) is 5.92 Å². The quantitative estimate of drug-likeness (QED) is 0.248. The monoisotopic (exact) mass is 545 g/mol. The van der Waals surface area contributed by atoms with E-state index in [-0.39, 0.29) is 17.7 Å². The highest BCUT2D eigenvalue weighted by molar-refractivity contribution is 5.92. The van der Waals surface area contributed by atoms with E-state index in [2.05, 4.69) is 24.5 Å². The van der Waals surface area contributed by atoms with Gasteiger partial charge in [0.05, 0.1) is 0 Å². The normalized spacial score (nSPS) is 13.5. The molecule has 1 aromatic rings. The van der Waals surface area contributed by atoms with E-state index in [4.69, 9.17) is 4.74 Å². The van der Waals surface area contributed by atoms with Gasteiger partial charge in [-0.2, -0.15) is 0 Å². The second kappa shape index (κ2) is 15.9. The smallest absolute Gasteiger partial charge is 0.408 e. The Morgan fingerprint density at radius 3 is 1.92 bits per heavy atom. The number of unbranched alkanes of at least 4 members (excludes halogenated alkanes) is 5. The van der Waals surface area contributed by atoms with Crippen LogP contribution in [0, 0.1) is 5.92 Å². The maximum Gasteiger partial charge on any atom is 0.408 e. The van der Waals surface area contributed by atoms with Crippen LogP contribution in [-0.4, -0.2) is 46.5 Å². The Bertz CT molecular complexity index is 897. The van der Waals surface area contributed by atoms with E-state index in [0.717, 1.165) is 43.2 Å². The van der Waals surface area contributed by atoms with Crippen molar-refractivity contribution in [2.45, 2.75) is 137 Å². The lowest BCUT2D eigenvalue weighted by atomic mass is 9.96. The van der Waals surface area contributed by atoms with Crippen molar-refractivity contribution in [2.75, 3.05) is 6.54 Å². The highest BCUT2D eigenvalue weighted by Crippen LogP contribution is 2.26. The average Bonchev–Trinajstić information content (AvgIpc) is 2.81. The number of hydrogen-bond donors (Lipinski definition) is 2. The number of hydrogen-bond acceptors (Lipinski definition) is 4. The number of carbonyl (C=O) groups excluding carboxylic acids is 3. The third-order valence-corrected chi connectivity index (χ3v) is 6.40. The third kappa shape index (κ3) is 12.9. The molecule has 0 aliphatic heterocycles. The number of carbonyl (C=O) groups is 3. The fraction of sp³-hybridized carbons (Fsp3) is 0.719. The Kier molecular flexibility index (Phi) is 14.0.